The number of benzene rings is 1. The van der Waals surface area contributed by atoms with Gasteiger partial charge in [-0.1, -0.05) is 11.6 Å². The number of methoxy groups -OCH3 is 1. The van der Waals surface area contributed by atoms with E-state index in [-0.39, 0.29) is 30.7 Å². The van der Waals surface area contributed by atoms with Gasteiger partial charge in [-0.3, -0.25) is 14.6 Å². The molecule has 29 heavy (non-hydrogen) atoms. The van der Waals surface area contributed by atoms with Gasteiger partial charge in [0.15, 0.2) is 0 Å². The number of ether oxygens (including phenoxy) is 1. The molecule has 0 aliphatic heterocycles. The van der Waals surface area contributed by atoms with Crippen LogP contribution in [0.4, 0.5) is 4.39 Å². The van der Waals surface area contributed by atoms with Gasteiger partial charge < -0.3 is 13.7 Å². The van der Waals surface area contributed by atoms with Crippen LogP contribution >= 0.6 is 11.6 Å². The van der Waals surface area contributed by atoms with Crippen LogP contribution in [-0.4, -0.2) is 26.8 Å². The first-order valence-electron chi connectivity index (χ1n) is 8.97. The van der Waals surface area contributed by atoms with Gasteiger partial charge in [-0.2, -0.15) is 0 Å². The number of pyridine rings is 1. The minimum atomic E-state index is -0.461. The van der Waals surface area contributed by atoms with E-state index < -0.39 is 5.82 Å². The minimum Gasteiger partial charge on any atom is -0.495 e. The van der Waals surface area contributed by atoms with Gasteiger partial charge >= 0.3 is 0 Å². The fraction of sp³-hybridized carbons (Fsp3) is 0.190. The smallest absolute Gasteiger partial charge is 0.276 e. The third-order valence-electron chi connectivity index (χ3n) is 4.80. The van der Waals surface area contributed by atoms with Crippen LogP contribution < -0.4 is 10.3 Å². The molecule has 3 heterocycles. The van der Waals surface area contributed by atoms with Gasteiger partial charge in [0, 0.05) is 31.3 Å². The zero-order chi connectivity index (χ0) is 20.5. The highest BCUT2D eigenvalue weighted by molar-refractivity contribution is 6.34. The number of halogens is 2. The van der Waals surface area contributed by atoms with Crippen LogP contribution in [0.25, 0.3) is 16.6 Å². The Labute approximate surface area is 170 Å². The molecule has 0 atom stereocenters. The summed E-state index contributed by atoms with van der Waals surface area (Å²) >= 11 is 6.18. The van der Waals surface area contributed by atoms with Crippen LogP contribution in [-0.2, 0) is 17.8 Å². The zero-order valence-electron chi connectivity index (χ0n) is 15.6. The van der Waals surface area contributed by atoms with Crippen molar-refractivity contribution in [3.05, 3.63) is 75.7 Å². The fourth-order valence-electron chi connectivity index (χ4n) is 3.35. The van der Waals surface area contributed by atoms with Gasteiger partial charge in [-0.15, -0.1) is 0 Å². The maximum absolute atomic E-state index is 13.9. The maximum atomic E-state index is 13.9. The quantitative estimate of drug-likeness (QED) is 0.484. The Morgan fingerprint density at radius 1 is 1.21 bits per heavy atom. The van der Waals surface area contributed by atoms with E-state index in [1.807, 2.05) is 0 Å². The van der Waals surface area contributed by atoms with Crippen molar-refractivity contribution in [1.29, 1.82) is 0 Å². The molecule has 0 aliphatic carbocycles. The summed E-state index contributed by atoms with van der Waals surface area (Å²) in [6, 6.07) is 9.28. The third-order valence-corrected chi connectivity index (χ3v) is 5.10. The Kier molecular flexibility index (Phi) is 5.07. The molecule has 0 spiro atoms. The number of carbonyl (C=O) groups excluding carboxylic acids is 1. The van der Waals surface area contributed by atoms with E-state index in [0.29, 0.717) is 33.0 Å². The number of fused-ring (bicyclic) bond motifs is 3. The van der Waals surface area contributed by atoms with E-state index in [1.165, 1.54) is 16.7 Å². The third kappa shape index (κ3) is 3.61. The Bertz CT molecular complexity index is 1280. The molecule has 3 aromatic heterocycles. The average molecular weight is 414 g/mol. The molecule has 0 bridgehead atoms. The lowest BCUT2D eigenvalue weighted by Crippen LogP contribution is -2.24. The second-order valence-corrected chi connectivity index (χ2v) is 7.03. The second-order valence-electron chi connectivity index (χ2n) is 6.63. The second kappa shape index (κ2) is 7.67. The Morgan fingerprint density at radius 2 is 2.03 bits per heavy atom. The predicted octanol–water partition coefficient (Wildman–Crippen LogP) is 3.65. The molecule has 0 unspecified atom stereocenters. The summed E-state index contributed by atoms with van der Waals surface area (Å²) in [5.74, 6) is 0.0658. The van der Waals surface area contributed by atoms with Crippen molar-refractivity contribution >= 4 is 33.9 Å². The van der Waals surface area contributed by atoms with Crippen molar-refractivity contribution in [2.24, 2.45) is 0 Å². The summed E-state index contributed by atoms with van der Waals surface area (Å²) < 4.78 is 22.0. The number of ketones is 1. The molecule has 6 nitrogen and oxygen atoms in total. The zero-order valence-corrected chi connectivity index (χ0v) is 16.3. The monoisotopic (exact) mass is 413 g/mol. The molecule has 0 amide bonds. The molecular weight excluding hydrogens is 397 g/mol. The summed E-state index contributed by atoms with van der Waals surface area (Å²) in [7, 11) is 1.54. The number of aryl methyl sites for hydroxylation is 1. The fourth-order valence-corrected chi connectivity index (χ4v) is 3.58. The lowest BCUT2D eigenvalue weighted by atomic mass is 10.1. The molecule has 0 aliphatic rings. The van der Waals surface area contributed by atoms with Gasteiger partial charge in [-0.25, -0.2) is 4.39 Å². The van der Waals surface area contributed by atoms with E-state index in [4.69, 9.17) is 16.3 Å². The molecule has 8 heteroatoms. The molecule has 148 valence electrons. The van der Waals surface area contributed by atoms with Gasteiger partial charge in [0.2, 0.25) is 0 Å². The van der Waals surface area contributed by atoms with Crippen LogP contribution in [0.15, 0.2) is 53.6 Å². The van der Waals surface area contributed by atoms with Crippen LogP contribution in [0.1, 0.15) is 12.1 Å². The summed E-state index contributed by atoms with van der Waals surface area (Å²) in [5, 5.41) is 0.309. The number of carbonyl (C=O) groups is 1. The Balaban J connectivity index is 1.65. The normalized spacial score (nSPS) is 11.3. The molecule has 0 radical (unpaired) electrons. The first-order chi connectivity index (χ1) is 14.0. The number of nitrogens with zero attached hydrogens (tertiary/aromatic N) is 3. The number of Topliss-reactive ketones (excluding diaryl/α,β-unsaturated/α-hetero) is 1. The van der Waals surface area contributed by atoms with E-state index in [1.54, 1.807) is 48.2 Å². The van der Waals surface area contributed by atoms with Crippen molar-refractivity contribution in [2.75, 3.05) is 7.11 Å². The number of aromatic nitrogens is 3. The summed E-state index contributed by atoms with van der Waals surface area (Å²) in [4.78, 5) is 29.6. The topological polar surface area (TPSA) is 65.6 Å². The van der Waals surface area contributed by atoms with Gasteiger partial charge in [0.1, 0.15) is 22.9 Å². The van der Waals surface area contributed by atoms with Crippen LogP contribution in [0, 0.1) is 5.82 Å². The van der Waals surface area contributed by atoms with E-state index in [0.717, 1.165) is 0 Å². The SMILES string of the molecule is COc1ccc(CC(=O)CCn2c(=O)c3c(Cl)ccn3c3ccc(F)cc32)nc1. The van der Waals surface area contributed by atoms with Gasteiger partial charge in [0.05, 0.1) is 29.4 Å². The predicted molar refractivity (Wildman–Crippen MR) is 108 cm³/mol. The Morgan fingerprint density at radius 3 is 2.76 bits per heavy atom. The molecule has 0 fully saturated rings. The Hall–Kier alpha value is -3.19. The number of hydrogen-bond acceptors (Lipinski definition) is 4. The van der Waals surface area contributed by atoms with Crippen molar-refractivity contribution in [2.45, 2.75) is 19.4 Å². The summed E-state index contributed by atoms with van der Waals surface area (Å²) in [6.45, 7) is 0.117. The molecular formula is C21H17ClFN3O3. The molecule has 0 N–H and O–H groups in total. The van der Waals surface area contributed by atoms with Gasteiger partial charge in [-0.05, 0) is 36.4 Å². The van der Waals surface area contributed by atoms with Crippen molar-refractivity contribution in [1.82, 2.24) is 14.0 Å². The molecule has 1 aromatic carbocycles. The summed E-state index contributed by atoms with van der Waals surface area (Å²) in [6.07, 6.45) is 3.46. The number of rotatable bonds is 6. The molecule has 0 saturated heterocycles. The lowest BCUT2D eigenvalue weighted by Gasteiger charge is -2.13. The van der Waals surface area contributed by atoms with Crippen molar-refractivity contribution in [3.8, 4) is 5.75 Å². The lowest BCUT2D eigenvalue weighted by molar-refractivity contribution is -0.118. The minimum absolute atomic E-state index is 0.0829. The molecule has 0 saturated carbocycles. The number of hydrogen-bond donors (Lipinski definition) is 0. The van der Waals surface area contributed by atoms with Crippen molar-refractivity contribution in [3.63, 3.8) is 0 Å². The molecule has 4 aromatic rings. The van der Waals surface area contributed by atoms with Crippen LogP contribution in [0.2, 0.25) is 5.02 Å². The van der Waals surface area contributed by atoms with E-state index in [2.05, 4.69) is 4.98 Å². The largest absolute Gasteiger partial charge is 0.495 e. The van der Waals surface area contributed by atoms with E-state index >= 15 is 0 Å². The standard InChI is InChI=1S/C21H17ClFN3O3/c1-29-16-4-3-14(24-12-16)11-15(27)6-8-26-19-10-13(23)2-5-18(19)25-9-7-17(22)20(25)21(26)28/h2-5,7,9-10,12H,6,8,11H2,1H3. The van der Waals surface area contributed by atoms with E-state index in [9.17, 15) is 14.0 Å². The first-order valence-corrected chi connectivity index (χ1v) is 9.35. The highest BCUT2D eigenvalue weighted by Crippen LogP contribution is 2.22. The highest BCUT2D eigenvalue weighted by atomic mass is 35.5. The van der Waals surface area contributed by atoms with Gasteiger partial charge in [0.25, 0.3) is 5.56 Å². The maximum Gasteiger partial charge on any atom is 0.276 e. The molecule has 4 rings (SSSR count). The highest BCUT2D eigenvalue weighted by Gasteiger charge is 2.15. The summed E-state index contributed by atoms with van der Waals surface area (Å²) in [5.41, 5.74) is 1.59. The van der Waals surface area contributed by atoms with Crippen molar-refractivity contribution < 1.29 is 13.9 Å². The van der Waals surface area contributed by atoms with Crippen LogP contribution in [0.3, 0.4) is 0 Å². The van der Waals surface area contributed by atoms with Crippen LogP contribution in [0.5, 0.6) is 5.75 Å². The average Bonchev–Trinajstić information content (AvgIpc) is 3.10. The first kappa shape index (κ1) is 19.1.